The van der Waals surface area contributed by atoms with Crippen LogP contribution in [0.25, 0.3) is 0 Å². The van der Waals surface area contributed by atoms with Gasteiger partial charge in [-0.3, -0.25) is 0 Å². The molecule has 0 spiro atoms. The van der Waals surface area contributed by atoms with Gasteiger partial charge in [-0.05, 0) is 18.4 Å². The van der Waals surface area contributed by atoms with Crippen LogP contribution in [0.15, 0.2) is 30.3 Å². The number of nitrogens with zero attached hydrogens (tertiary/aromatic N) is 1. The van der Waals surface area contributed by atoms with Gasteiger partial charge in [0.2, 0.25) is 0 Å². The highest BCUT2D eigenvalue weighted by Gasteiger charge is 2.07. The number of hydrogen-bond acceptors (Lipinski definition) is 1. The molecular weight excluding hydrogens is 165 g/mol. The predicted octanol–water partition coefficient (Wildman–Crippen LogP) is 3.39. The first-order valence-corrected chi connectivity index (χ1v) is 4.40. The van der Waals surface area contributed by atoms with E-state index >= 15 is 0 Å². The molecule has 0 fully saturated rings. The van der Waals surface area contributed by atoms with Gasteiger partial charge in [-0.15, -0.1) is 0 Å². The minimum absolute atomic E-state index is 0.438. The molecule has 1 unspecified atom stereocenters. The summed E-state index contributed by atoms with van der Waals surface area (Å²) in [6.45, 7) is 0. The molecule has 0 N–H and O–H groups in total. The molecule has 1 aromatic carbocycles. The third-order valence-electron chi connectivity index (χ3n) is 1.91. The van der Waals surface area contributed by atoms with E-state index in [4.69, 9.17) is 5.26 Å². The molecule has 0 aliphatic heterocycles. The average Bonchev–Trinajstić information content (AvgIpc) is 2.19. The van der Waals surface area contributed by atoms with Crippen molar-refractivity contribution in [1.29, 1.82) is 5.26 Å². The van der Waals surface area contributed by atoms with Gasteiger partial charge in [0.1, 0.15) is 6.17 Å². The van der Waals surface area contributed by atoms with Crippen LogP contribution in [-0.4, -0.2) is 0 Å². The summed E-state index contributed by atoms with van der Waals surface area (Å²) in [5, 5.41) is 8.28. The monoisotopic (exact) mass is 177 g/mol. The zero-order valence-electron chi connectivity index (χ0n) is 7.41. The van der Waals surface area contributed by atoms with Crippen molar-refractivity contribution in [3.05, 3.63) is 35.9 Å². The summed E-state index contributed by atoms with van der Waals surface area (Å²) in [5.41, 5.74) is 0.709. The Balaban J connectivity index is 2.41. The molecule has 1 aromatic rings. The lowest BCUT2D eigenvalue weighted by Crippen LogP contribution is -1.90. The van der Waals surface area contributed by atoms with Gasteiger partial charge in [0, 0.05) is 6.42 Å². The molecule has 0 saturated carbocycles. The van der Waals surface area contributed by atoms with E-state index in [2.05, 4.69) is 0 Å². The summed E-state index contributed by atoms with van der Waals surface area (Å²) in [5.74, 6) is 0. The molecule has 0 aliphatic rings. The molecule has 0 radical (unpaired) electrons. The topological polar surface area (TPSA) is 23.8 Å². The second-order valence-electron chi connectivity index (χ2n) is 2.93. The van der Waals surface area contributed by atoms with Crippen LogP contribution in [0.5, 0.6) is 0 Å². The summed E-state index contributed by atoms with van der Waals surface area (Å²) in [6.07, 6.45) is 0.590. The SMILES string of the molecule is N#CCCCC(F)c1ccccc1. The van der Waals surface area contributed by atoms with Crippen LogP contribution in [-0.2, 0) is 0 Å². The maximum atomic E-state index is 13.3. The number of hydrogen-bond donors (Lipinski definition) is 0. The van der Waals surface area contributed by atoms with E-state index in [-0.39, 0.29) is 0 Å². The van der Waals surface area contributed by atoms with Gasteiger partial charge in [-0.1, -0.05) is 30.3 Å². The average molecular weight is 177 g/mol. The summed E-state index contributed by atoms with van der Waals surface area (Å²) in [7, 11) is 0. The van der Waals surface area contributed by atoms with Crippen molar-refractivity contribution in [1.82, 2.24) is 0 Å². The van der Waals surface area contributed by atoms with Gasteiger partial charge in [0.25, 0.3) is 0 Å². The van der Waals surface area contributed by atoms with Gasteiger partial charge in [-0.25, -0.2) is 4.39 Å². The molecule has 0 heterocycles. The zero-order valence-corrected chi connectivity index (χ0v) is 7.41. The first-order chi connectivity index (χ1) is 6.34. The minimum Gasteiger partial charge on any atom is -0.242 e. The first-order valence-electron chi connectivity index (χ1n) is 4.40. The fraction of sp³-hybridized carbons (Fsp3) is 0.364. The minimum atomic E-state index is -0.922. The Hall–Kier alpha value is -1.36. The fourth-order valence-corrected chi connectivity index (χ4v) is 1.19. The number of benzene rings is 1. The maximum Gasteiger partial charge on any atom is 0.125 e. The number of halogens is 1. The molecule has 1 nitrogen and oxygen atoms in total. The van der Waals surface area contributed by atoms with Crippen molar-refractivity contribution in [2.45, 2.75) is 25.4 Å². The third-order valence-corrected chi connectivity index (χ3v) is 1.91. The largest absolute Gasteiger partial charge is 0.242 e. The van der Waals surface area contributed by atoms with Gasteiger partial charge < -0.3 is 0 Å². The fourth-order valence-electron chi connectivity index (χ4n) is 1.19. The highest BCUT2D eigenvalue weighted by molar-refractivity contribution is 5.17. The van der Waals surface area contributed by atoms with Crippen LogP contribution in [0.4, 0.5) is 4.39 Å². The van der Waals surface area contributed by atoms with E-state index in [0.29, 0.717) is 24.8 Å². The lowest BCUT2D eigenvalue weighted by atomic mass is 10.1. The molecule has 0 aromatic heterocycles. The van der Waals surface area contributed by atoms with Crippen LogP contribution < -0.4 is 0 Å². The molecule has 2 heteroatoms. The Labute approximate surface area is 77.8 Å². The van der Waals surface area contributed by atoms with Crippen LogP contribution in [0.3, 0.4) is 0 Å². The van der Waals surface area contributed by atoms with E-state index in [1.165, 1.54) is 0 Å². The van der Waals surface area contributed by atoms with Gasteiger partial charge >= 0.3 is 0 Å². The summed E-state index contributed by atoms with van der Waals surface area (Å²) < 4.78 is 13.3. The highest BCUT2D eigenvalue weighted by atomic mass is 19.1. The Kier molecular flexibility index (Phi) is 3.98. The summed E-state index contributed by atoms with van der Waals surface area (Å²) in [4.78, 5) is 0. The summed E-state index contributed by atoms with van der Waals surface area (Å²) >= 11 is 0. The second-order valence-corrected chi connectivity index (χ2v) is 2.93. The maximum absolute atomic E-state index is 13.3. The van der Waals surface area contributed by atoms with E-state index in [1.807, 2.05) is 24.3 Å². The molecule has 13 heavy (non-hydrogen) atoms. The zero-order chi connectivity index (χ0) is 9.52. The van der Waals surface area contributed by atoms with Crippen molar-refractivity contribution in [2.24, 2.45) is 0 Å². The molecule has 0 amide bonds. The van der Waals surface area contributed by atoms with Gasteiger partial charge in [0.05, 0.1) is 6.07 Å². The quantitative estimate of drug-likeness (QED) is 0.646. The standard InChI is InChI=1S/C11H12FN/c12-11(8-4-5-9-13)10-6-2-1-3-7-10/h1-3,6-7,11H,4-5,8H2. The molecule has 68 valence electrons. The second kappa shape index (κ2) is 5.31. The van der Waals surface area contributed by atoms with Crippen LogP contribution in [0.2, 0.25) is 0 Å². The van der Waals surface area contributed by atoms with Crippen molar-refractivity contribution in [2.75, 3.05) is 0 Å². The normalized spacial score (nSPS) is 12.0. The first kappa shape index (κ1) is 9.73. The Bertz CT molecular complexity index is 276. The van der Waals surface area contributed by atoms with Crippen LogP contribution in [0, 0.1) is 11.3 Å². The number of nitriles is 1. The number of rotatable bonds is 4. The van der Waals surface area contributed by atoms with Crippen molar-refractivity contribution in [3.63, 3.8) is 0 Å². The predicted molar refractivity (Wildman–Crippen MR) is 49.8 cm³/mol. The number of alkyl halides is 1. The van der Waals surface area contributed by atoms with Crippen molar-refractivity contribution >= 4 is 0 Å². The van der Waals surface area contributed by atoms with Crippen molar-refractivity contribution < 1.29 is 4.39 Å². The smallest absolute Gasteiger partial charge is 0.125 e. The highest BCUT2D eigenvalue weighted by Crippen LogP contribution is 2.22. The Morgan fingerprint density at radius 3 is 2.62 bits per heavy atom. The summed E-state index contributed by atoms with van der Waals surface area (Å²) in [6, 6.07) is 11.1. The molecule has 1 atom stereocenters. The molecule has 0 saturated heterocycles. The van der Waals surface area contributed by atoms with Crippen molar-refractivity contribution in [3.8, 4) is 6.07 Å². The van der Waals surface area contributed by atoms with Gasteiger partial charge in [-0.2, -0.15) is 5.26 Å². The lowest BCUT2D eigenvalue weighted by Gasteiger charge is -2.05. The van der Waals surface area contributed by atoms with E-state index in [0.717, 1.165) is 0 Å². The Morgan fingerprint density at radius 1 is 1.31 bits per heavy atom. The third kappa shape index (κ3) is 3.25. The molecule has 0 bridgehead atoms. The van der Waals surface area contributed by atoms with E-state index < -0.39 is 6.17 Å². The van der Waals surface area contributed by atoms with E-state index in [9.17, 15) is 4.39 Å². The molecule has 1 rings (SSSR count). The van der Waals surface area contributed by atoms with Crippen LogP contribution in [0.1, 0.15) is 31.0 Å². The molecule has 0 aliphatic carbocycles. The lowest BCUT2D eigenvalue weighted by molar-refractivity contribution is 0.318. The van der Waals surface area contributed by atoms with Gasteiger partial charge in [0.15, 0.2) is 0 Å². The molecular formula is C11H12FN. The Morgan fingerprint density at radius 2 is 2.00 bits per heavy atom. The number of unbranched alkanes of at least 4 members (excludes halogenated alkanes) is 1. The van der Waals surface area contributed by atoms with Crippen LogP contribution >= 0.6 is 0 Å². The van der Waals surface area contributed by atoms with E-state index in [1.54, 1.807) is 12.1 Å².